The third-order valence-corrected chi connectivity index (χ3v) is 4.93. The van der Waals surface area contributed by atoms with Crippen molar-refractivity contribution in [2.45, 2.75) is 25.4 Å². The van der Waals surface area contributed by atoms with Crippen molar-refractivity contribution in [2.75, 3.05) is 13.6 Å². The van der Waals surface area contributed by atoms with Gasteiger partial charge in [0.2, 0.25) is 17.6 Å². The molecule has 1 unspecified atom stereocenters. The van der Waals surface area contributed by atoms with Gasteiger partial charge in [-0.3, -0.25) is 9.59 Å². The summed E-state index contributed by atoms with van der Waals surface area (Å²) in [4.78, 5) is 30.5. The van der Waals surface area contributed by atoms with Crippen LogP contribution in [0.15, 0.2) is 53.2 Å². The maximum atomic E-state index is 12.3. The summed E-state index contributed by atoms with van der Waals surface area (Å²) in [5.74, 6) is 0.797. The number of likely N-dealkylation sites (N-methyl/N-ethyl adjacent to an activating group) is 1. The molecule has 2 aromatic heterocycles. The van der Waals surface area contributed by atoms with Crippen molar-refractivity contribution in [1.29, 1.82) is 0 Å². The molecule has 8 nitrogen and oxygen atoms in total. The lowest BCUT2D eigenvalue weighted by molar-refractivity contribution is -0.121. The van der Waals surface area contributed by atoms with Gasteiger partial charge in [-0.25, -0.2) is 0 Å². The van der Waals surface area contributed by atoms with Gasteiger partial charge in [-0.15, -0.1) is 0 Å². The Bertz CT molecular complexity index is 979. The van der Waals surface area contributed by atoms with Gasteiger partial charge < -0.3 is 19.3 Å². The number of rotatable bonds is 6. The van der Waals surface area contributed by atoms with E-state index in [1.807, 2.05) is 53.2 Å². The zero-order chi connectivity index (χ0) is 19.5. The third-order valence-electron chi connectivity index (χ3n) is 4.93. The fourth-order valence-corrected chi connectivity index (χ4v) is 3.27. The highest BCUT2D eigenvalue weighted by Crippen LogP contribution is 2.17. The van der Waals surface area contributed by atoms with E-state index >= 15 is 0 Å². The van der Waals surface area contributed by atoms with Crippen LogP contribution in [0.1, 0.15) is 22.8 Å². The number of fused-ring (bicyclic) bond motifs is 1. The minimum absolute atomic E-state index is 0.0326. The van der Waals surface area contributed by atoms with Crippen molar-refractivity contribution in [3.63, 3.8) is 0 Å². The molecule has 0 saturated carbocycles. The van der Waals surface area contributed by atoms with Crippen molar-refractivity contribution in [1.82, 2.24) is 24.9 Å². The number of hydrogen-bond donors (Lipinski definition) is 1. The number of carbonyl (C=O) groups excluding carboxylic acids is 2. The van der Waals surface area contributed by atoms with Gasteiger partial charge in [0.1, 0.15) is 5.69 Å². The van der Waals surface area contributed by atoms with E-state index < -0.39 is 0 Å². The summed E-state index contributed by atoms with van der Waals surface area (Å²) in [6, 6.07) is 13.1. The fraction of sp³-hybridized carbons (Fsp3) is 0.300. The lowest BCUT2D eigenvalue weighted by Crippen LogP contribution is -2.50. The van der Waals surface area contributed by atoms with Crippen LogP contribution in [0, 0.1) is 0 Å². The molecule has 1 N–H and O–H groups in total. The summed E-state index contributed by atoms with van der Waals surface area (Å²) in [5, 5.41) is 6.85. The van der Waals surface area contributed by atoms with E-state index in [-0.39, 0.29) is 24.3 Å². The van der Waals surface area contributed by atoms with Crippen molar-refractivity contribution in [3.05, 3.63) is 60.2 Å². The largest absolute Gasteiger partial charge is 0.354 e. The first kappa shape index (κ1) is 18.0. The molecule has 1 aliphatic rings. The number of aryl methyl sites for hydroxylation is 1. The number of nitrogens with zero attached hydrogens (tertiary/aromatic N) is 4. The Kier molecular flexibility index (Phi) is 4.92. The van der Waals surface area contributed by atoms with Crippen LogP contribution in [0.25, 0.3) is 11.4 Å². The Morgan fingerprint density at radius 2 is 2.07 bits per heavy atom. The molecular formula is C20H21N5O3. The van der Waals surface area contributed by atoms with E-state index in [1.54, 1.807) is 11.9 Å². The van der Waals surface area contributed by atoms with Gasteiger partial charge in [0.25, 0.3) is 5.91 Å². The standard InChI is InChI=1S/C20H21N5O3/c1-24-15(13-25-11-5-8-16(25)20(24)27)12-21-17(26)9-10-18-22-19(23-28-18)14-6-3-2-4-7-14/h2-8,11,15H,9-10,12-13H2,1H3,(H,21,26). The number of hydrogen-bond acceptors (Lipinski definition) is 5. The van der Waals surface area contributed by atoms with E-state index in [0.717, 1.165) is 5.56 Å². The second-order valence-corrected chi connectivity index (χ2v) is 6.80. The van der Waals surface area contributed by atoms with Gasteiger partial charge in [-0.05, 0) is 12.1 Å². The molecule has 3 heterocycles. The zero-order valence-electron chi connectivity index (χ0n) is 15.5. The summed E-state index contributed by atoms with van der Waals surface area (Å²) in [7, 11) is 1.76. The molecule has 2 amide bonds. The van der Waals surface area contributed by atoms with Crippen molar-refractivity contribution < 1.29 is 14.1 Å². The maximum Gasteiger partial charge on any atom is 0.270 e. The predicted octanol–water partition coefficient (Wildman–Crippen LogP) is 1.74. The molecule has 4 rings (SSSR count). The minimum Gasteiger partial charge on any atom is -0.354 e. The van der Waals surface area contributed by atoms with Crippen molar-refractivity contribution >= 4 is 11.8 Å². The zero-order valence-corrected chi connectivity index (χ0v) is 15.5. The second-order valence-electron chi connectivity index (χ2n) is 6.80. The molecule has 0 aliphatic carbocycles. The Morgan fingerprint density at radius 1 is 1.25 bits per heavy atom. The van der Waals surface area contributed by atoms with Gasteiger partial charge in [0, 0.05) is 44.7 Å². The van der Waals surface area contributed by atoms with E-state index in [9.17, 15) is 9.59 Å². The van der Waals surface area contributed by atoms with Gasteiger partial charge >= 0.3 is 0 Å². The molecule has 1 atom stereocenters. The first-order chi connectivity index (χ1) is 13.6. The Balaban J connectivity index is 1.28. The molecule has 3 aromatic rings. The van der Waals surface area contributed by atoms with Crippen LogP contribution in [0.2, 0.25) is 0 Å². The Morgan fingerprint density at radius 3 is 2.89 bits per heavy atom. The molecule has 0 radical (unpaired) electrons. The van der Waals surface area contributed by atoms with Crippen LogP contribution >= 0.6 is 0 Å². The van der Waals surface area contributed by atoms with Crippen LogP contribution in [-0.4, -0.2) is 51.1 Å². The number of aromatic nitrogens is 3. The number of amides is 2. The highest BCUT2D eigenvalue weighted by molar-refractivity contribution is 5.93. The van der Waals surface area contributed by atoms with Crippen LogP contribution in [0.5, 0.6) is 0 Å². The summed E-state index contributed by atoms with van der Waals surface area (Å²) in [6.07, 6.45) is 2.50. The monoisotopic (exact) mass is 379 g/mol. The average molecular weight is 379 g/mol. The molecule has 0 saturated heterocycles. The lowest BCUT2D eigenvalue weighted by Gasteiger charge is -2.33. The molecular weight excluding hydrogens is 358 g/mol. The molecule has 1 aromatic carbocycles. The fourth-order valence-electron chi connectivity index (χ4n) is 3.27. The first-order valence-electron chi connectivity index (χ1n) is 9.19. The third kappa shape index (κ3) is 3.66. The summed E-state index contributed by atoms with van der Waals surface area (Å²) >= 11 is 0. The quantitative estimate of drug-likeness (QED) is 0.704. The molecule has 144 valence electrons. The number of benzene rings is 1. The normalized spacial score (nSPS) is 16.1. The van der Waals surface area contributed by atoms with Crippen LogP contribution < -0.4 is 5.32 Å². The van der Waals surface area contributed by atoms with E-state index in [2.05, 4.69) is 15.5 Å². The van der Waals surface area contributed by atoms with Gasteiger partial charge in [-0.2, -0.15) is 4.98 Å². The van der Waals surface area contributed by atoms with Gasteiger partial charge in [0.05, 0.1) is 6.04 Å². The molecule has 0 bridgehead atoms. The van der Waals surface area contributed by atoms with Crippen molar-refractivity contribution in [2.24, 2.45) is 0 Å². The number of nitrogens with one attached hydrogen (secondary N) is 1. The highest BCUT2D eigenvalue weighted by atomic mass is 16.5. The van der Waals surface area contributed by atoms with Crippen LogP contribution in [0.4, 0.5) is 0 Å². The summed E-state index contributed by atoms with van der Waals surface area (Å²) < 4.78 is 7.15. The molecule has 28 heavy (non-hydrogen) atoms. The molecule has 8 heteroatoms. The van der Waals surface area contributed by atoms with Crippen molar-refractivity contribution in [3.8, 4) is 11.4 Å². The smallest absolute Gasteiger partial charge is 0.270 e. The van der Waals surface area contributed by atoms with Crippen LogP contribution in [0.3, 0.4) is 0 Å². The highest BCUT2D eigenvalue weighted by Gasteiger charge is 2.29. The topological polar surface area (TPSA) is 93.3 Å². The lowest BCUT2D eigenvalue weighted by atomic mass is 10.1. The second kappa shape index (κ2) is 7.67. The summed E-state index contributed by atoms with van der Waals surface area (Å²) in [6.45, 7) is 1.06. The molecule has 1 aliphatic heterocycles. The maximum absolute atomic E-state index is 12.3. The minimum atomic E-state index is -0.112. The first-order valence-corrected chi connectivity index (χ1v) is 9.19. The molecule has 0 fully saturated rings. The van der Waals surface area contributed by atoms with Gasteiger partial charge in [0.15, 0.2) is 0 Å². The predicted molar refractivity (Wildman–Crippen MR) is 101 cm³/mol. The SMILES string of the molecule is CN1C(=O)c2cccn2CC1CNC(=O)CCc1nc(-c2ccccc2)no1. The average Bonchev–Trinajstić information content (AvgIpc) is 3.38. The Labute approximate surface area is 162 Å². The molecule has 0 spiro atoms. The van der Waals surface area contributed by atoms with E-state index in [4.69, 9.17) is 4.52 Å². The van der Waals surface area contributed by atoms with E-state index in [0.29, 0.717) is 36.9 Å². The Hall–Kier alpha value is -3.42. The summed E-state index contributed by atoms with van der Waals surface area (Å²) in [5.41, 5.74) is 1.55. The van der Waals surface area contributed by atoms with Gasteiger partial charge in [-0.1, -0.05) is 35.5 Å². The van der Waals surface area contributed by atoms with Crippen LogP contribution in [-0.2, 0) is 17.8 Å². The number of carbonyl (C=O) groups is 2. The van der Waals surface area contributed by atoms with E-state index in [1.165, 1.54) is 0 Å².